The second-order valence-electron chi connectivity index (χ2n) is 6.35. The van der Waals surface area contributed by atoms with Gasteiger partial charge in [-0.3, -0.25) is 0 Å². The predicted molar refractivity (Wildman–Crippen MR) is 83.4 cm³/mol. The Morgan fingerprint density at radius 3 is 2.55 bits per heavy atom. The topological polar surface area (TPSA) is 46.1 Å². The van der Waals surface area contributed by atoms with Crippen molar-refractivity contribution in [2.24, 2.45) is 0 Å². The average Bonchev–Trinajstić information content (AvgIpc) is 2.38. The fourth-order valence-corrected chi connectivity index (χ4v) is 2.24. The Morgan fingerprint density at radius 1 is 1.15 bits per heavy atom. The first-order valence-corrected chi connectivity index (χ1v) is 7.62. The fraction of sp³-hybridized carbons (Fsp3) is 0.647. The summed E-state index contributed by atoms with van der Waals surface area (Å²) in [4.78, 5) is 0. The van der Waals surface area contributed by atoms with Gasteiger partial charge in [-0.15, -0.1) is 0 Å². The molecule has 3 N–H and O–H groups in total. The third kappa shape index (κ3) is 5.51. The summed E-state index contributed by atoms with van der Waals surface area (Å²) in [5.41, 5.74) is 2.60. The molecule has 3 heteroatoms. The zero-order valence-corrected chi connectivity index (χ0v) is 13.4. The first-order chi connectivity index (χ1) is 9.46. The van der Waals surface area contributed by atoms with Crippen LogP contribution in [0.4, 0.5) is 0 Å². The zero-order chi connectivity index (χ0) is 15.0. The second kappa shape index (κ2) is 8.28. The SMILES string of the molecule is Cc1cccc(C(C)(C)C)c1OCCCC[NH2+]CCO. The lowest BCUT2D eigenvalue weighted by atomic mass is 9.85. The summed E-state index contributed by atoms with van der Waals surface area (Å²) in [5.74, 6) is 1.05. The van der Waals surface area contributed by atoms with Crippen molar-refractivity contribution in [1.29, 1.82) is 0 Å². The molecule has 0 saturated carbocycles. The van der Waals surface area contributed by atoms with E-state index in [9.17, 15) is 0 Å². The number of ether oxygens (including phenoxy) is 1. The molecule has 0 spiro atoms. The Morgan fingerprint density at radius 2 is 1.90 bits per heavy atom. The maximum atomic E-state index is 8.70. The van der Waals surface area contributed by atoms with Crippen LogP contribution in [-0.4, -0.2) is 31.4 Å². The van der Waals surface area contributed by atoms with Crippen LogP contribution in [0.2, 0.25) is 0 Å². The van der Waals surface area contributed by atoms with Crippen LogP contribution in [0.1, 0.15) is 44.7 Å². The average molecular weight is 280 g/mol. The van der Waals surface area contributed by atoms with E-state index in [-0.39, 0.29) is 12.0 Å². The standard InChI is InChI=1S/C17H29NO2/c1-14-8-7-9-15(17(2,3)4)16(14)20-13-6-5-10-18-11-12-19/h7-9,18-19H,5-6,10-13H2,1-4H3/p+1. The molecular formula is C17H30NO2+. The van der Waals surface area contributed by atoms with Crippen LogP contribution in [0, 0.1) is 6.92 Å². The van der Waals surface area contributed by atoms with Crippen LogP contribution in [0.5, 0.6) is 5.75 Å². The van der Waals surface area contributed by atoms with E-state index in [2.05, 4.69) is 51.2 Å². The van der Waals surface area contributed by atoms with E-state index >= 15 is 0 Å². The van der Waals surface area contributed by atoms with E-state index in [0.29, 0.717) is 0 Å². The number of aryl methyl sites for hydroxylation is 1. The number of nitrogens with two attached hydrogens (primary N) is 1. The molecule has 0 fully saturated rings. The van der Waals surface area contributed by atoms with Gasteiger partial charge >= 0.3 is 0 Å². The van der Waals surface area contributed by atoms with Gasteiger partial charge in [0.25, 0.3) is 0 Å². The van der Waals surface area contributed by atoms with Gasteiger partial charge in [0.15, 0.2) is 0 Å². The zero-order valence-electron chi connectivity index (χ0n) is 13.4. The predicted octanol–water partition coefficient (Wildman–Crippen LogP) is 2.01. The normalized spacial score (nSPS) is 11.7. The summed E-state index contributed by atoms with van der Waals surface area (Å²) in [5, 5.41) is 10.8. The van der Waals surface area contributed by atoms with Crippen LogP contribution < -0.4 is 10.1 Å². The smallest absolute Gasteiger partial charge is 0.125 e. The van der Waals surface area contributed by atoms with Crippen LogP contribution in [0.3, 0.4) is 0 Å². The molecule has 0 radical (unpaired) electrons. The molecule has 0 atom stereocenters. The largest absolute Gasteiger partial charge is 0.493 e. The second-order valence-corrected chi connectivity index (χ2v) is 6.35. The maximum Gasteiger partial charge on any atom is 0.125 e. The molecule has 0 bridgehead atoms. The summed E-state index contributed by atoms with van der Waals surface area (Å²) in [6, 6.07) is 6.38. The molecule has 0 aliphatic rings. The van der Waals surface area contributed by atoms with Crippen LogP contribution in [0.25, 0.3) is 0 Å². The van der Waals surface area contributed by atoms with Crippen molar-refractivity contribution >= 4 is 0 Å². The number of hydrogen-bond donors (Lipinski definition) is 2. The number of hydrogen-bond acceptors (Lipinski definition) is 2. The lowest BCUT2D eigenvalue weighted by Crippen LogP contribution is -2.85. The number of benzene rings is 1. The third-order valence-electron chi connectivity index (χ3n) is 3.40. The number of aliphatic hydroxyl groups is 1. The van der Waals surface area contributed by atoms with Gasteiger partial charge in [0.1, 0.15) is 5.75 Å². The molecular weight excluding hydrogens is 250 g/mol. The van der Waals surface area contributed by atoms with E-state index in [1.807, 2.05) is 0 Å². The fourth-order valence-electron chi connectivity index (χ4n) is 2.24. The maximum absolute atomic E-state index is 8.70. The molecule has 0 unspecified atom stereocenters. The van der Waals surface area contributed by atoms with Gasteiger partial charge in [0, 0.05) is 0 Å². The summed E-state index contributed by atoms with van der Waals surface area (Å²) in [6.45, 7) is 11.7. The van der Waals surface area contributed by atoms with Gasteiger partial charge in [-0.2, -0.15) is 0 Å². The van der Waals surface area contributed by atoms with Gasteiger partial charge in [-0.05, 0) is 36.3 Å². The molecule has 0 aliphatic carbocycles. The first-order valence-electron chi connectivity index (χ1n) is 7.62. The first kappa shape index (κ1) is 17.0. The highest BCUT2D eigenvalue weighted by Crippen LogP contribution is 2.33. The minimum atomic E-state index is 0.107. The Kier molecular flexibility index (Phi) is 7.03. The van der Waals surface area contributed by atoms with E-state index in [0.717, 1.165) is 38.3 Å². The van der Waals surface area contributed by atoms with Gasteiger partial charge in [0.2, 0.25) is 0 Å². The van der Waals surface area contributed by atoms with Crippen molar-refractivity contribution in [1.82, 2.24) is 0 Å². The minimum Gasteiger partial charge on any atom is -0.493 e. The Labute approximate surface area is 123 Å². The Balaban J connectivity index is 2.47. The molecule has 114 valence electrons. The highest BCUT2D eigenvalue weighted by atomic mass is 16.5. The van der Waals surface area contributed by atoms with Gasteiger partial charge in [-0.1, -0.05) is 39.0 Å². The van der Waals surface area contributed by atoms with E-state index in [1.165, 1.54) is 11.1 Å². The number of unbranched alkanes of at least 4 members (excludes halogenated alkanes) is 1. The summed E-state index contributed by atoms with van der Waals surface area (Å²) >= 11 is 0. The number of para-hydroxylation sites is 1. The highest BCUT2D eigenvalue weighted by Gasteiger charge is 2.19. The monoisotopic (exact) mass is 280 g/mol. The van der Waals surface area contributed by atoms with E-state index in [4.69, 9.17) is 9.84 Å². The molecule has 0 saturated heterocycles. The number of aliphatic hydroxyl groups excluding tert-OH is 1. The molecule has 1 rings (SSSR count). The molecule has 3 nitrogen and oxygen atoms in total. The van der Waals surface area contributed by atoms with Crippen LogP contribution in [-0.2, 0) is 5.41 Å². The minimum absolute atomic E-state index is 0.107. The van der Waals surface area contributed by atoms with E-state index < -0.39 is 0 Å². The molecule has 0 aliphatic heterocycles. The van der Waals surface area contributed by atoms with Crippen LogP contribution >= 0.6 is 0 Å². The van der Waals surface area contributed by atoms with Crippen molar-refractivity contribution in [2.75, 3.05) is 26.3 Å². The Hall–Kier alpha value is -1.06. The van der Waals surface area contributed by atoms with Crippen molar-refractivity contribution in [3.63, 3.8) is 0 Å². The quantitative estimate of drug-likeness (QED) is 0.716. The highest BCUT2D eigenvalue weighted by molar-refractivity contribution is 5.44. The van der Waals surface area contributed by atoms with Crippen molar-refractivity contribution < 1.29 is 15.2 Å². The van der Waals surface area contributed by atoms with Gasteiger partial charge < -0.3 is 15.2 Å². The molecule has 0 aromatic heterocycles. The van der Waals surface area contributed by atoms with Crippen LogP contribution in [0.15, 0.2) is 18.2 Å². The molecule has 1 aromatic carbocycles. The van der Waals surface area contributed by atoms with Crippen molar-refractivity contribution in [3.8, 4) is 5.75 Å². The van der Waals surface area contributed by atoms with Crippen molar-refractivity contribution in [2.45, 2.75) is 46.0 Å². The van der Waals surface area contributed by atoms with Gasteiger partial charge in [0.05, 0.1) is 26.3 Å². The lowest BCUT2D eigenvalue weighted by molar-refractivity contribution is -0.656. The summed E-state index contributed by atoms with van der Waals surface area (Å²) in [6.07, 6.45) is 2.18. The molecule has 0 amide bonds. The summed E-state index contributed by atoms with van der Waals surface area (Å²) in [7, 11) is 0. The number of rotatable bonds is 8. The Bertz CT molecular complexity index is 396. The number of quaternary nitrogens is 1. The summed E-state index contributed by atoms with van der Waals surface area (Å²) < 4.78 is 6.04. The van der Waals surface area contributed by atoms with Gasteiger partial charge in [-0.25, -0.2) is 0 Å². The van der Waals surface area contributed by atoms with Crippen molar-refractivity contribution in [3.05, 3.63) is 29.3 Å². The molecule has 1 aromatic rings. The van der Waals surface area contributed by atoms with E-state index in [1.54, 1.807) is 0 Å². The molecule has 0 heterocycles. The lowest BCUT2D eigenvalue weighted by Gasteiger charge is -2.24. The molecule has 20 heavy (non-hydrogen) atoms. The third-order valence-corrected chi connectivity index (χ3v) is 3.40.